The van der Waals surface area contributed by atoms with E-state index in [1.165, 1.54) is 19.9 Å². The summed E-state index contributed by atoms with van der Waals surface area (Å²) in [6.07, 6.45) is 0.276. The molecule has 116 valence electrons. The van der Waals surface area contributed by atoms with Crippen molar-refractivity contribution in [1.82, 2.24) is 10.6 Å². The Bertz CT molecular complexity index is 684. The van der Waals surface area contributed by atoms with Crippen LogP contribution in [0.3, 0.4) is 0 Å². The van der Waals surface area contributed by atoms with E-state index in [1.807, 2.05) is 0 Å². The maximum atomic E-state index is 13.7. The lowest BCUT2D eigenvalue weighted by molar-refractivity contribution is -0.134. The van der Waals surface area contributed by atoms with E-state index in [9.17, 15) is 23.6 Å². The van der Waals surface area contributed by atoms with E-state index in [0.29, 0.717) is 0 Å². The fraction of sp³-hybridized carbons (Fsp3) is 0.333. The number of Topliss-reactive ketones (excluding diaryl/α,β-unsaturated/α-hetero) is 1. The van der Waals surface area contributed by atoms with E-state index in [0.717, 1.165) is 6.07 Å². The molecule has 1 unspecified atom stereocenters. The zero-order valence-corrected chi connectivity index (χ0v) is 12.2. The van der Waals surface area contributed by atoms with Crippen LogP contribution in [-0.4, -0.2) is 29.5 Å². The number of carbonyl (C=O) groups excluding carboxylic acids is 4. The smallest absolute Gasteiger partial charge is 0.252 e. The van der Waals surface area contributed by atoms with Crippen molar-refractivity contribution < 1.29 is 23.6 Å². The van der Waals surface area contributed by atoms with Gasteiger partial charge in [0.15, 0.2) is 5.78 Å². The van der Waals surface area contributed by atoms with Crippen LogP contribution in [0.1, 0.15) is 46.0 Å². The molecule has 1 aromatic carbocycles. The first-order valence-corrected chi connectivity index (χ1v) is 6.75. The number of amides is 3. The minimum absolute atomic E-state index is 0.0868. The quantitative estimate of drug-likeness (QED) is 0.640. The lowest BCUT2D eigenvalue weighted by Crippen LogP contribution is -2.52. The maximum absolute atomic E-state index is 13.7. The average Bonchev–Trinajstić information content (AvgIpc) is 2.44. The number of carbonyl (C=O) groups is 4. The van der Waals surface area contributed by atoms with E-state index in [2.05, 4.69) is 10.6 Å². The molecule has 0 spiro atoms. The number of hydrogen-bond donors (Lipinski definition) is 2. The topological polar surface area (TPSA) is 92.3 Å². The fourth-order valence-electron chi connectivity index (χ4n) is 2.23. The molecule has 1 aromatic rings. The van der Waals surface area contributed by atoms with Crippen LogP contribution in [0.5, 0.6) is 0 Å². The Labute approximate surface area is 126 Å². The first-order valence-electron chi connectivity index (χ1n) is 6.75. The molecule has 1 fully saturated rings. The Morgan fingerprint density at radius 1 is 1.27 bits per heavy atom. The van der Waals surface area contributed by atoms with Gasteiger partial charge >= 0.3 is 0 Å². The molecule has 0 aliphatic carbocycles. The first-order chi connectivity index (χ1) is 10.3. The van der Waals surface area contributed by atoms with Crippen LogP contribution < -0.4 is 10.6 Å². The molecule has 7 heteroatoms. The number of nitrogens with one attached hydrogen (secondary N) is 2. The summed E-state index contributed by atoms with van der Waals surface area (Å²) in [4.78, 5) is 46.5. The highest BCUT2D eigenvalue weighted by molar-refractivity contribution is 6.09. The van der Waals surface area contributed by atoms with Crippen LogP contribution in [0.4, 0.5) is 4.39 Å². The van der Waals surface area contributed by atoms with Gasteiger partial charge in [0.2, 0.25) is 11.8 Å². The molecule has 3 amide bonds. The van der Waals surface area contributed by atoms with Gasteiger partial charge < -0.3 is 5.32 Å². The van der Waals surface area contributed by atoms with Gasteiger partial charge in [0.1, 0.15) is 11.9 Å². The molecule has 0 aromatic heterocycles. The number of halogens is 1. The Balaban J connectivity index is 2.26. The Morgan fingerprint density at radius 3 is 2.55 bits per heavy atom. The maximum Gasteiger partial charge on any atom is 0.252 e. The lowest BCUT2D eigenvalue weighted by Gasteiger charge is -2.22. The summed E-state index contributed by atoms with van der Waals surface area (Å²) in [6, 6.07) is 1.40. The monoisotopic (exact) mass is 306 g/mol. The summed E-state index contributed by atoms with van der Waals surface area (Å²) in [5, 5.41) is 4.54. The van der Waals surface area contributed by atoms with E-state index in [-0.39, 0.29) is 35.3 Å². The summed E-state index contributed by atoms with van der Waals surface area (Å²) < 4.78 is 13.7. The number of hydrogen-bond acceptors (Lipinski definition) is 4. The summed E-state index contributed by atoms with van der Waals surface area (Å²) in [5.74, 6) is -2.73. The van der Waals surface area contributed by atoms with Crippen LogP contribution >= 0.6 is 0 Å². The standard InChI is InChI=1S/C15H15FN2O4/c1-7-5-9(8(2)19)10(6-11(7)16)14(21)17-12-3-4-13(20)18-15(12)22/h5-6,12H,3-4H2,1-2H3,(H,17,21)(H,18,20,22). The third-order valence-electron chi connectivity index (χ3n) is 3.47. The normalized spacial score (nSPS) is 17.9. The van der Waals surface area contributed by atoms with Gasteiger partial charge in [-0.3, -0.25) is 24.5 Å². The zero-order chi connectivity index (χ0) is 16.4. The molecular weight excluding hydrogens is 291 g/mol. The molecule has 0 saturated carbocycles. The van der Waals surface area contributed by atoms with Crippen molar-refractivity contribution in [2.45, 2.75) is 32.7 Å². The van der Waals surface area contributed by atoms with Crippen LogP contribution in [0, 0.1) is 12.7 Å². The van der Waals surface area contributed by atoms with E-state index >= 15 is 0 Å². The minimum atomic E-state index is -0.880. The molecular formula is C15H15FN2O4. The van der Waals surface area contributed by atoms with Crippen molar-refractivity contribution in [3.8, 4) is 0 Å². The van der Waals surface area contributed by atoms with Crippen LogP contribution in [0.25, 0.3) is 0 Å². The highest BCUT2D eigenvalue weighted by atomic mass is 19.1. The number of ketones is 1. The van der Waals surface area contributed by atoms with Gasteiger partial charge in [0.05, 0.1) is 5.56 Å². The number of imide groups is 1. The largest absolute Gasteiger partial charge is 0.340 e. The highest BCUT2D eigenvalue weighted by Gasteiger charge is 2.29. The zero-order valence-electron chi connectivity index (χ0n) is 12.2. The predicted molar refractivity (Wildman–Crippen MR) is 74.8 cm³/mol. The van der Waals surface area contributed by atoms with Crippen molar-refractivity contribution >= 4 is 23.5 Å². The summed E-state index contributed by atoms with van der Waals surface area (Å²) in [6.45, 7) is 2.76. The Morgan fingerprint density at radius 2 is 1.95 bits per heavy atom. The van der Waals surface area contributed by atoms with Crippen molar-refractivity contribution in [2.75, 3.05) is 0 Å². The molecule has 0 bridgehead atoms. The molecule has 6 nitrogen and oxygen atoms in total. The molecule has 1 saturated heterocycles. The van der Waals surface area contributed by atoms with Crippen molar-refractivity contribution in [2.24, 2.45) is 0 Å². The SMILES string of the molecule is CC(=O)c1cc(C)c(F)cc1C(=O)NC1CCC(=O)NC1=O. The molecule has 1 aliphatic heterocycles. The van der Waals surface area contributed by atoms with E-state index in [1.54, 1.807) is 0 Å². The van der Waals surface area contributed by atoms with Crippen LogP contribution in [-0.2, 0) is 9.59 Å². The highest BCUT2D eigenvalue weighted by Crippen LogP contribution is 2.17. The third-order valence-corrected chi connectivity index (χ3v) is 3.47. The molecule has 0 radical (unpaired) electrons. The molecule has 1 atom stereocenters. The van der Waals surface area contributed by atoms with Gasteiger partial charge in [-0.25, -0.2) is 4.39 Å². The second-order valence-electron chi connectivity index (χ2n) is 5.18. The second-order valence-corrected chi connectivity index (χ2v) is 5.18. The predicted octanol–water partition coefficient (Wildman–Crippen LogP) is 0.872. The van der Waals surface area contributed by atoms with Crippen LogP contribution in [0.2, 0.25) is 0 Å². The molecule has 2 N–H and O–H groups in total. The summed E-state index contributed by atoms with van der Waals surface area (Å²) in [5.41, 5.74) is 0.215. The van der Waals surface area contributed by atoms with Crippen molar-refractivity contribution in [3.05, 3.63) is 34.6 Å². The molecule has 1 aliphatic rings. The number of piperidine rings is 1. The van der Waals surface area contributed by atoms with Gasteiger partial charge in [-0.15, -0.1) is 0 Å². The van der Waals surface area contributed by atoms with Gasteiger partial charge in [-0.1, -0.05) is 0 Å². The first kappa shape index (κ1) is 15.8. The van der Waals surface area contributed by atoms with Gasteiger partial charge in [-0.2, -0.15) is 0 Å². The van der Waals surface area contributed by atoms with Gasteiger partial charge in [0, 0.05) is 12.0 Å². The third kappa shape index (κ3) is 3.19. The summed E-state index contributed by atoms with van der Waals surface area (Å²) >= 11 is 0. The van der Waals surface area contributed by atoms with Gasteiger partial charge in [0.25, 0.3) is 5.91 Å². The van der Waals surface area contributed by atoms with Crippen LogP contribution in [0.15, 0.2) is 12.1 Å². The summed E-state index contributed by atoms with van der Waals surface area (Å²) in [7, 11) is 0. The molecule has 1 heterocycles. The van der Waals surface area contributed by atoms with Crippen molar-refractivity contribution in [1.29, 1.82) is 0 Å². The number of aryl methyl sites for hydroxylation is 1. The fourth-order valence-corrected chi connectivity index (χ4v) is 2.23. The average molecular weight is 306 g/mol. The number of rotatable bonds is 3. The van der Waals surface area contributed by atoms with Gasteiger partial charge in [-0.05, 0) is 38.0 Å². The minimum Gasteiger partial charge on any atom is -0.340 e. The Hall–Kier alpha value is -2.57. The second kappa shape index (κ2) is 6.05. The van der Waals surface area contributed by atoms with E-state index < -0.39 is 29.6 Å². The van der Waals surface area contributed by atoms with E-state index in [4.69, 9.17) is 0 Å². The molecule has 2 rings (SSSR count). The lowest BCUT2D eigenvalue weighted by atomic mass is 9.99. The number of benzene rings is 1. The molecule has 22 heavy (non-hydrogen) atoms. The van der Waals surface area contributed by atoms with Crippen molar-refractivity contribution in [3.63, 3.8) is 0 Å². The Kier molecular flexibility index (Phi) is 4.35.